The van der Waals surface area contributed by atoms with E-state index in [1.165, 1.54) is 0 Å². The van der Waals surface area contributed by atoms with Crippen LogP contribution in [0.1, 0.15) is 20.7 Å². The van der Waals surface area contributed by atoms with Crippen LogP contribution in [0.3, 0.4) is 0 Å². The third kappa shape index (κ3) is 1.50. The van der Waals surface area contributed by atoms with Crippen LogP contribution in [0.5, 0.6) is 0 Å². The van der Waals surface area contributed by atoms with Crippen LogP contribution in [0, 0.1) is 0 Å². The molecule has 0 saturated heterocycles. The molecule has 0 amide bonds. The molecule has 5 aromatic rings. The predicted octanol–water partition coefficient (Wildman–Crippen LogP) is 5.36. The summed E-state index contributed by atoms with van der Waals surface area (Å²) in [5.41, 5.74) is 1.41. The second-order valence-electron chi connectivity index (χ2n) is 6.10. The lowest BCUT2D eigenvalue weighted by Crippen LogP contribution is -1.92. The van der Waals surface area contributed by atoms with Gasteiger partial charge >= 0.3 is 0 Å². The first-order chi connectivity index (χ1) is 11.8. The molecule has 5 rings (SSSR count). The summed E-state index contributed by atoms with van der Waals surface area (Å²) in [5, 5.41) is 8.64. The summed E-state index contributed by atoms with van der Waals surface area (Å²) in [4.78, 5) is 22.9. The van der Waals surface area contributed by atoms with Gasteiger partial charge in [0.1, 0.15) is 0 Å². The molecule has 5 aromatic carbocycles. The van der Waals surface area contributed by atoms with Gasteiger partial charge in [0.25, 0.3) is 0 Å². The fraction of sp³-hybridized carbons (Fsp3) is 0. The van der Waals surface area contributed by atoms with Crippen LogP contribution in [-0.2, 0) is 0 Å². The first-order valence-corrected chi connectivity index (χ1v) is 7.86. The van der Waals surface area contributed by atoms with Gasteiger partial charge in [-0.2, -0.15) is 0 Å². The van der Waals surface area contributed by atoms with Crippen LogP contribution >= 0.6 is 0 Å². The van der Waals surface area contributed by atoms with Crippen molar-refractivity contribution in [3.05, 3.63) is 71.8 Å². The first kappa shape index (κ1) is 13.2. The van der Waals surface area contributed by atoms with E-state index >= 15 is 0 Å². The first-order valence-electron chi connectivity index (χ1n) is 7.86. The summed E-state index contributed by atoms with van der Waals surface area (Å²) in [7, 11) is 0. The molecule has 0 atom stereocenters. The Morgan fingerprint density at radius 1 is 0.458 bits per heavy atom. The van der Waals surface area contributed by atoms with Gasteiger partial charge in [-0.1, -0.05) is 60.7 Å². The molecule has 0 aliphatic carbocycles. The second-order valence-corrected chi connectivity index (χ2v) is 6.10. The highest BCUT2D eigenvalue weighted by molar-refractivity contribution is 6.34. The van der Waals surface area contributed by atoms with Crippen LogP contribution in [0.4, 0.5) is 0 Å². The zero-order valence-electron chi connectivity index (χ0n) is 12.7. The third-order valence-corrected chi connectivity index (χ3v) is 4.98. The average molecular weight is 308 g/mol. The van der Waals surface area contributed by atoms with Gasteiger partial charge in [0.05, 0.1) is 0 Å². The summed E-state index contributed by atoms with van der Waals surface area (Å²) >= 11 is 0. The van der Waals surface area contributed by atoms with Crippen molar-refractivity contribution < 1.29 is 9.59 Å². The zero-order chi connectivity index (χ0) is 16.3. The molecule has 0 spiro atoms. The lowest BCUT2D eigenvalue weighted by Gasteiger charge is -2.15. The molecule has 0 unspecified atom stereocenters. The van der Waals surface area contributed by atoms with Crippen molar-refractivity contribution >= 4 is 55.7 Å². The fourth-order valence-electron chi connectivity index (χ4n) is 3.96. The van der Waals surface area contributed by atoms with Gasteiger partial charge < -0.3 is 0 Å². The number of benzene rings is 5. The minimum atomic E-state index is 0.704. The van der Waals surface area contributed by atoms with Crippen molar-refractivity contribution in [1.82, 2.24) is 0 Å². The molecule has 0 saturated carbocycles. The van der Waals surface area contributed by atoms with Crippen LogP contribution in [0.2, 0.25) is 0 Å². The Hall–Kier alpha value is -3.26. The standard InChI is InChI=1S/C22H12O2/c23-11-13-7-10-20-18-6-2-4-16-14(12-24)8-9-19(22(16)18)17-5-1-3-15(13)21(17)20/h1-12H. The van der Waals surface area contributed by atoms with Gasteiger partial charge in [-0.05, 0) is 43.1 Å². The highest BCUT2D eigenvalue weighted by atomic mass is 16.1. The predicted molar refractivity (Wildman–Crippen MR) is 98.4 cm³/mol. The van der Waals surface area contributed by atoms with Gasteiger partial charge in [-0.3, -0.25) is 9.59 Å². The Morgan fingerprint density at radius 3 is 1.25 bits per heavy atom. The van der Waals surface area contributed by atoms with E-state index in [2.05, 4.69) is 12.1 Å². The molecule has 112 valence electrons. The van der Waals surface area contributed by atoms with Crippen molar-refractivity contribution in [2.75, 3.05) is 0 Å². The summed E-state index contributed by atoms with van der Waals surface area (Å²) in [6, 6.07) is 19.9. The molecule has 0 bridgehead atoms. The second kappa shape index (κ2) is 4.62. The van der Waals surface area contributed by atoms with Crippen molar-refractivity contribution in [2.45, 2.75) is 0 Å². The maximum Gasteiger partial charge on any atom is 0.150 e. The molecule has 0 aromatic heterocycles. The Morgan fingerprint density at radius 2 is 0.833 bits per heavy atom. The van der Waals surface area contributed by atoms with Crippen molar-refractivity contribution in [2.24, 2.45) is 0 Å². The largest absolute Gasteiger partial charge is 0.298 e. The molecule has 2 nitrogen and oxygen atoms in total. The maximum atomic E-state index is 11.4. The van der Waals surface area contributed by atoms with Gasteiger partial charge in [-0.15, -0.1) is 0 Å². The average Bonchev–Trinajstić information content (AvgIpc) is 2.65. The van der Waals surface area contributed by atoms with Gasteiger partial charge in [0.15, 0.2) is 12.6 Å². The van der Waals surface area contributed by atoms with E-state index in [-0.39, 0.29) is 0 Å². The number of carbonyl (C=O) groups excluding carboxylic acids is 2. The lowest BCUT2D eigenvalue weighted by atomic mass is 9.87. The van der Waals surface area contributed by atoms with Gasteiger partial charge in [-0.25, -0.2) is 0 Å². The minimum absolute atomic E-state index is 0.704. The van der Waals surface area contributed by atoms with Crippen molar-refractivity contribution in [1.29, 1.82) is 0 Å². The number of hydrogen-bond acceptors (Lipinski definition) is 2. The Balaban J connectivity index is 2.21. The highest BCUT2D eigenvalue weighted by Crippen LogP contribution is 2.41. The minimum Gasteiger partial charge on any atom is -0.298 e. The Bertz CT molecular complexity index is 1160. The molecular weight excluding hydrogens is 296 g/mol. The molecule has 0 heterocycles. The molecule has 0 radical (unpaired) electrons. The molecule has 0 N–H and O–H groups in total. The molecule has 0 fully saturated rings. The summed E-state index contributed by atoms with van der Waals surface area (Å²) in [6.07, 6.45) is 1.82. The summed E-state index contributed by atoms with van der Waals surface area (Å²) < 4.78 is 0. The molecule has 24 heavy (non-hydrogen) atoms. The summed E-state index contributed by atoms with van der Waals surface area (Å²) in [5.74, 6) is 0. The van der Waals surface area contributed by atoms with E-state index in [4.69, 9.17) is 0 Å². The van der Waals surface area contributed by atoms with Crippen molar-refractivity contribution in [3.63, 3.8) is 0 Å². The molecular formula is C22H12O2. The van der Waals surface area contributed by atoms with E-state index in [1.54, 1.807) is 0 Å². The van der Waals surface area contributed by atoms with Crippen LogP contribution in [-0.4, -0.2) is 12.6 Å². The molecule has 0 aliphatic rings. The zero-order valence-corrected chi connectivity index (χ0v) is 12.7. The SMILES string of the molecule is O=Cc1ccc2c3cccc4c(C=O)ccc(c5cccc1c52)c43. The van der Waals surface area contributed by atoms with E-state index < -0.39 is 0 Å². The van der Waals surface area contributed by atoms with E-state index in [0.29, 0.717) is 11.1 Å². The fourth-order valence-corrected chi connectivity index (χ4v) is 3.96. The molecule has 0 aliphatic heterocycles. The topological polar surface area (TPSA) is 34.1 Å². The normalized spacial score (nSPS) is 11.7. The number of fused-ring (bicyclic) bond motifs is 2. The quantitative estimate of drug-likeness (QED) is 0.250. The summed E-state index contributed by atoms with van der Waals surface area (Å²) in [6.45, 7) is 0. The van der Waals surface area contributed by atoms with Gasteiger partial charge in [0, 0.05) is 11.1 Å². The van der Waals surface area contributed by atoms with Crippen molar-refractivity contribution in [3.8, 4) is 0 Å². The Kier molecular flexibility index (Phi) is 2.54. The number of rotatable bonds is 2. The number of hydrogen-bond donors (Lipinski definition) is 0. The van der Waals surface area contributed by atoms with E-state index in [1.807, 2.05) is 48.5 Å². The monoisotopic (exact) mass is 308 g/mol. The smallest absolute Gasteiger partial charge is 0.150 e. The van der Waals surface area contributed by atoms with E-state index in [0.717, 1.165) is 55.7 Å². The maximum absolute atomic E-state index is 11.4. The van der Waals surface area contributed by atoms with Crippen LogP contribution < -0.4 is 0 Å². The van der Waals surface area contributed by atoms with E-state index in [9.17, 15) is 9.59 Å². The number of carbonyl (C=O) groups is 2. The van der Waals surface area contributed by atoms with Crippen LogP contribution in [0.15, 0.2) is 60.7 Å². The number of aldehydes is 2. The lowest BCUT2D eigenvalue weighted by molar-refractivity contribution is 0.111. The highest BCUT2D eigenvalue weighted by Gasteiger charge is 2.15. The van der Waals surface area contributed by atoms with Gasteiger partial charge in [0.2, 0.25) is 0 Å². The molecule has 2 heteroatoms. The third-order valence-electron chi connectivity index (χ3n) is 4.98. The van der Waals surface area contributed by atoms with Crippen LogP contribution in [0.25, 0.3) is 43.1 Å². The Labute approximate surface area is 137 Å².